The summed E-state index contributed by atoms with van der Waals surface area (Å²) < 4.78 is 12.6. The number of benzene rings is 2. The zero-order chi connectivity index (χ0) is 21.7. The molecule has 9 nitrogen and oxygen atoms in total. The molecule has 2 aromatic carbocycles. The van der Waals surface area contributed by atoms with Crippen LogP contribution in [0.2, 0.25) is 0 Å². The summed E-state index contributed by atoms with van der Waals surface area (Å²) in [6, 6.07) is 11.8. The van der Waals surface area contributed by atoms with E-state index in [0.717, 1.165) is 12.0 Å². The van der Waals surface area contributed by atoms with Crippen LogP contribution in [0.1, 0.15) is 18.9 Å². The molecule has 0 N–H and O–H groups in total. The predicted octanol–water partition coefficient (Wildman–Crippen LogP) is 4.30. The van der Waals surface area contributed by atoms with E-state index in [-0.39, 0.29) is 11.3 Å². The first-order valence-electron chi connectivity index (χ1n) is 9.03. The van der Waals surface area contributed by atoms with E-state index in [0.29, 0.717) is 33.9 Å². The lowest BCUT2D eigenvalue weighted by atomic mass is 10.2. The molecule has 0 aliphatic carbocycles. The van der Waals surface area contributed by atoms with Gasteiger partial charge in [0.15, 0.2) is 11.0 Å². The predicted molar refractivity (Wildman–Crippen MR) is 111 cm³/mol. The summed E-state index contributed by atoms with van der Waals surface area (Å²) in [5.41, 5.74) is 0.565. The van der Waals surface area contributed by atoms with Crippen LogP contribution in [0.4, 0.5) is 5.69 Å². The number of rotatable bonds is 8. The zero-order valence-corrected chi connectivity index (χ0v) is 17.5. The van der Waals surface area contributed by atoms with Gasteiger partial charge in [0.1, 0.15) is 23.1 Å². The fourth-order valence-electron chi connectivity index (χ4n) is 2.87. The number of hydrogen-bond donors (Lipinski definition) is 0. The Morgan fingerprint density at radius 3 is 2.43 bits per heavy atom. The molecular weight excluding hydrogens is 406 g/mol. The Bertz CT molecular complexity index is 1100. The number of nitro benzene ring substituents is 1. The maximum atomic E-state index is 11.3. The van der Waals surface area contributed by atoms with Gasteiger partial charge in [-0.25, -0.2) is 0 Å². The molecule has 0 spiro atoms. The van der Waals surface area contributed by atoms with Crippen LogP contribution in [0.15, 0.2) is 46.5 Å². The van der Waals surface area contributed by atoms with Gasteiger partial charge in [-0.05, 0) is 42.4 Å². The van der Waals surface area contributed by atoms with Crippen LogP contribution in [0, 0.1) is 21.4 Å². The minimum atomic E-state index is -0.562. The third-order valence-electron chi connectivity index (χ3n) is 4.27. The van der Waals surface area contributed by atoms with Crippen molar-refractivity contribution in [3.05, 3.63) is 52.1 Å². The van der Waals surface area contributed by atoms with Gasteiger partial charge < -0.3 is 14.0 Å². The molecule has 0 saturated carbocycles. The average molecular weight is 425 g/mol. The van der Waals surface area contributed by atoms with Crippen molar-refractivity contribution in [2.24, 2.45) is 0 Å². The Labute approximate surface area is 177 Å². The lowest BCUT2D eigenvalue weighted by Gasteiger charge is -2.11. The van der Waals surface area contributed by atoms with Gasteiger partial charge >= 0.3 is 0 Å². The van der Waals surface area contributed by atoms with Crippen LogP contribution in [0.25, 0.3) is 11.4 Å². The SMILES string of the molecule is CCCn1c(Sc2ccc(C#N)c([N+](=O)[O-])c2)nnc1-c1cc(OC)cc(OC)c1. The molecular formula is C20H19N5O4S. The molecule has 0 fully saturated rings. The van der Waals surface area contributed by atoms with Crippen LogP contribution in [-0.2, 0) is 6.54 Å². The van der Waals surface area contributed by atoms with E-state index in [9.17, 15) is 10.1 Å². The molecule has 0 bridgehead atoms. The number of nitrogens with zero attached hydrogens (tertiary/aromatic N) is 5. The smallest absolute Gasteiger partial charge is 0.288 e. The Balaban J connectivity index is 2.03. The van der Waals surface area contributed by atoms with E-state index in [4.69, 9.17) is 14.7 Å². The van der Waals surface area contributed by atoms with Crippen LogP contribution in [-0.4, -0.2) is 33.9 Å². The molecule has 3 rings (SSSR count). The Kier molecular flexibility index (Phi) is 6.54. The van der Waals surface area contributed by atoms with Gasteiger partial charge in [-0.1, -0.05) is 6.92 Å². The highest BCUT2D eigenvalue weighted by Gasteiger charge is 2.19. The van der Waals surface area contributed by atoms with Crippen molar-refractivity contribution in [3.8, 4) is 29.0 Å². The quantitative estimate of drug-likeness (QED) is 0.387. The van der Waals surface area contributed by atoms with E-state index in [1.165, 1.54) is 23.9 Å². The van der Waals surface area contributed by atoms with Crippen molar-refractivity contribution in [3.63, 3.8) is 0 Å². The minimum Gasteiger partial charge on any atom is -0.497 e. The monoisotopic (exact) mass is 425 g/mol. The fraction of sp³-hybridized carbons (Fsp3) is 0.250. The highest BCUT2D eigenvalue weighted by atomic mass is 32.2. The first-order valence-corrected chi connectivity index (χ1v) is 9.85. The van der Waals surface area contributed by atoms with Gasteiger partial charge in [0.25, 0.3) is 5.69 Å². The third-order valence-corrected chi connectivity index (χ3v) is 5.24. The van der Waals surface area contributed by atoms with Gasteiger partial charge in [-0.15, -0.1) is 10.2 Å². The highest BCUT2D eigenvalue weighted by molar-refractivity contribution is 7.99. The Hall–Kier alpha value is -3.58. The number of aromatic nitrogens is 3. The molecule has 0 atom stereocenters. The van der Waals surface area contributed by atoms with Gasteiger partial charge in [0.2, 0.25) is 0 Å². The number of hydrogen-bond acceptors (Lipinski definition) is 8. The summed E-state index contributed by atoms with van der Waals surface area (Å²) in [7, 11) is 3.16. The summed E-state index contributed by atoms with van der Waals surface area (Å²) >= 11 is 1.25. The number of nitriles is 1. The molecule has 0 aliphatic rings. The molecule has 1 heterocycles. The lowest BCUT2D eigenvalue weighted by Crippen LogP contribution is -2.02. The van der Waals surface area contributed by atoms with Crippen LogP contribution in [0.3, 0.4) is 0 Å². The van der Waals surface area contributed by atoms with Crippen molar-refractivity contribution < 1.29 is 14.4 Å². The van der Waals surface area contributed by atoms with Gasteiger partial charge in [-0.3, -0.25) is 10.1 Å². The van der Waals surface area contributed by atoms with Gasteiger partial charge in [0, 0.05) is 29.1 Å². The van der Waals surface area contributed by atoms with Crippen molar-refractivity contribution >= 4 is 17.4 Å². The summed E-state index contributed by atoms with van der Waals surface area (Å²) in [5.74, 6) is 1.90. The van der Waals surface area contributed by atoms with E-state index in [1.54, 1.807) is 26.4 Å². The molecule has 154 valence electrons. The molecule has 3 aromatic rings. The summed E-state index contributed by atoms with van der Waals surface area (Å²) in [6.07, 6.45) is 0.840. The van der Waals surface area contributed by atoms with E-state index < -0.39 is 4.92 Å². The van der Waals surface area contributed by atoms with Crippen LogP contribution in [0.5, 0.6) is 11.5 Å². The molecule has 0 aliphatic heterocycles. The van der Waals surface area contributed by atoms with Crippen molar-refractivity contribution in [1.82, 2.24) is 14.8 Å². The van der Waals surface area contributed by atoms with Crippen molar-refractivity contribution in [2.75, 3.05) is 14.2 Å². The maximum absolute atomic E-state index is 11.3. The normalized spacial score (nSPS) is 10.5. The number of methoxy groups -OCH3 is 2. The van der Waals surface area contributed by atoms with Crippen LogP contribution < -0.4 is 9.47 Å². The second kappa shape index (κ2) is 9.28. The summed E-state index contributed by atoms with van der Waals surface area (Å²) in [6.45, 7) is 2.69. The van der Waals surface area contributed by atoms with Crippen molar-refractivity contribution in [2.45, 2.75) is 29.9 Å². The second-order valence-corrected chi connectivity index (χ2v) is 7.25. The lowest BCUT2D eigenvalue weighted by molar-refractivity contribution is -0.385. The van der Waals surface area contributed by atoms with E-state index in [1.807, 2.05) is 29.7 Å². The molecule has 1 aromatic heterocycles. The van der Waals surface area contributed by atoms with Crippen molar-refractivity contribution in [1.29, 1.82) is 5.26 Å². The summed E-state index contributed by atoms with van der Waals surface area (Å²) in [5, 5.41) is 29.5. The van der Waals surface area contributed by atoms with Gasteiger partial charge in [0.05, 0.1) is 19.1 Å². The maximum Gasteiger partial charge on any atom is 0.288 e. The van der Waals surface area contributed by atoms with E-state index in [2.05, 4.69) is 10.2 Å². The van der Waals surface area contributed by atoms with Crippen LogP contribution >= 0.6 is 11.8 Å². The second-order valence-electron chi connectivity index (χ2n) is 6.21. The standard InChI is InChI=1S/C20H19N5O4S/c1-4-7-24-19(14-8-15(28-2)10-16(9-14)29-3)22-23-20(24)30-17-6-5-13(12-21)18(11-17)25(26)27/h5-6,8-11H,4,7H2,1-3H3. The van der Waals surface area contributed by atoms with E-state index >= 15 is 0 Å². The zero-order valence-electron chi connectivity index (χ0n) is 16.7. The molecule has 0 radical (unpaired) electrons. The van der Waals surface area contributed by atoms with Gasteiger partial charge in [-0.2, -0.15) is 5.26 Å². The topological polar surface area (TPSA) is 116 Å². The first kappa shape index (κ1) is 21.1. The molecule has 30 heavy (non-hydrogen) atoms. The number of nitro groups is 1. The fourth-order valence-corrected chi connectivity index (χ4v) is 3.75. The molecule has 10 heteroatoms. The Morgan fingerprint density at radius 1 is 1.17 bits per heavy atom. The Morgan fingerprint density at radius 2 is 1.87 bits per heavy atom. The summed E-state index contributed by atoms with van der Waals surface area (Å²) in [4.78, 5) is 11.3. The molecule has 0 saturated heterocycles. The third kappa shape index (κ3) is 4.36. The first-order chi connectivity index (χ1) is 14.5. The highest BCUT2D eigenvalue weighted by Crippen LogP contribution is 2.34. The molecule has 0 amide bonds. The molecule has 0 unspecified atom stereocenters. The number of ether oxygens (including phenoxy) is 2. The minimum absolute atomic E-state index is 0.0172. The largest absolute Gasteiger partial charge is 0.497 e. The average Bonchev–Trinajstić information content (AvgIpc) is 3.15.